The van der Waals surface area contributed by atoms with Crippen LogP contribution in [0.4, 0.5) is 0 Å². The quantitative estimate of drug-likeness (QED) is 0.0174. The number of carboxylic acid groups (broad SMARTS) is 2. The third-order valence-corrected chi connectivity index (χ3v) is 10.8. The molecular weight excluding hydrogens is 957 g/mol. The Morgan fingerprint density at radius 3 is 1.50 bits per heavy atom. The van der Waals surface area contributed by atoms with Crippen LogP contribution in [-0.4, -0.2) is 196 Å². The molecule has 1 rings (SSSR count). The number of nitrogens with two attached hydrogens (primary N) is 5. The number of amides is 9. The molecule has 31 nitrogen and oxygen atoms in total. The number of hydrogen-bond acceptors (Lipinski definition) is 16. The molecule has 0 bridgehead atoms. The lowest BCUT2D eigenvalue weighted by atomic mass is 10.0. The molecule has 0 saturated carbocycles. The molecule has 1 saturated heterocycles. The van der Waals surface area contributed by atoms with Gasteiger partial charge in [0.25, 0.3) is 0 Å². The molecule has 406 valence electrons. The van der Waals surface area contributed by atoms with Crippen molar-refractivity contribution in [2.45, 2.75) is 140 Å². The number of aliphatic hydroxyl groups excluding tert-OH is 2. The zero-order valence-electron chi connectivity index (χ0n) is 40.8. The first-order chi connectivity index (χ1) is 33.6. The van der Waals surface area contributed by atoms with Crippen molar-refractivity contribution in [3.63, 3.8) is 0 Å². The number of rotatable bonds is 31. The number of aliphatic imine (C=N–C) groups is 2. The van der Waals surface area contributed by atoms with Gasteiger partial charge in [0.2, 0.25) is 53.2 Å². The maximum Gasteiger partial charge on any atom is 0.326 e. The molecule has 0 unspecified atom stereocenters. The number of aliphatic hydroxyl groups is 2. The summed E-state index contributed by atoms with van der Waals surface area (Å²) in [6, 6.07) is -13.5. The van der Waals surface area contributed by atoms with Crippen LogP contribution in [0.15, 0.2) is 9.98 Å². The van der Waals surface area contributed by atoms with Gasteiger partial charge >= 0.3 is 11.9 Å². The smallest absolute Gasteiger partial charge is 0.326 e. The van der Waals surface area contributed by atoms with Crippen LogP contribution < -0.4 is 71.2 Å². The van der Waals surface area contributed by atoms with E-state index >= 15 is 0 Å². The van der Waals surface area contributed by atoms with E-state index in [4.69, 9.17) is 28.7 Å². The Balaban J connectivity index is 3.16. The van der Waals surface area contributed by atoms with E-state index in [0.29, 0.717) is 12.8 Å². The van der Waals surface area contributed by atoms with Crippen LogP contribution >= 0.6 is 0 Å². The largest absolute Gasteiger partial charge is 0.481 e. The number of aliphatic carboxylic acids is 2. The van der Waals surface area contributed by atoms with Gasteiger partial charge < -0.3 is 96.5 Å². The van der Waals surface area contributed by atoms with Crippen LogP contribution in [0, 0.1) is 5.92 Å². The Morgan fingerprint density at radius 2 is 1.04 bits per heavy atom. The molecule has 1 aliphatic heterocycles. The molecule has 9 amide bonds. The van der Waals surface area contributed by atoms with Crippen LogP contribution in [0.3, 0.4) is 0 Å². The van der Waals surface area contributed by atoms with Gasteiger partial charge in [-0.2, -0.15) is 0 Å². The molecule has 72 heavy (non-hydrogen) atoms. The highest BCUT2D eigenvalue weighted by molar-refractivity contribution is 5.99. The van der Waals surface area contributed by atoms with Gasteiger partial charge in [-0.15, -0.1) is 0 Å². The van der Waals surface area contributed by atoms with E-state index in [1.165, 1.54) is 25.7 Å². The Kier molecular flexibility index (Phi) is 27.0. The van der Waals surface area contributed by atoms with E-state index in [0.717, 1.165) is 13.8 Å². The zero-order valence-corrected chi connectivity index (χ0v) is 40.8. The fourth-order valence-electron chi connectivity index (χ4n) is 6.89. The highest BCUT2D eigenvalue weighted by Gasteiger charge is 2.38. The van der Waals surface area contributed by atoms with Crippen molar-refractivity contribution >= 4 is 77.0 Å². The molecule has 22 N–H and O–H groups in total. The molecule has 0 aromatic carbocycles. The van der Waals surface area contributed by atoms with Crippen molar-refractivity contribution < 1.29 is 73.2 Å². The number of carbonyl (C=O) groups excluding carboxylic acids is 9. The maximum absolute atomic E-state index is 13.8. The Morgan fingerprint density at radius 1 is 0.597 bits per heavy atom. The standard InChI is InChI=1S/C41H72N16O15/c1-18(2)29(39(71)72)55-35(67)24(15-28(61)62)53-38(70)30(21(5)59)56-32(64)20(4)50-36(68)25(17-58)54-31(63)19(3)49-33(65)22(9-6-12-47-40(43)44)51-34(66)23(10-7-13-48-41(45)46)52-37(69)26-11-8-14-57(26)27(60)16-42/h18-26,29-30,58-59H,6-17,42H2,1-5H3,(H,49,65)(H,50,68)(H,51,66)(H,52,69)(H,53,70)(H,54,63)(H,55,67)(H,56,64)(H,61,62)(H,71,72)(H4,43,44,47)(H4,45,46,48)/t19-,20-,21+,22-,23-,24-,25-,26-,29-,30-/m0/s1. The topological polar surface area (TPSA) is 523 Å². The first kappa shape index (κ1) is 62.6. The Labute approximate surface area is 414 Å². The molecular formula is C41H72N16O15. The lowest BCUT2D eigenvalue weighted by molar-refractivity contribution is -0.144. The van der Waals surface area contributed by atoms with E-state index < -0.39 is 145 Å². The van der Waals surface area contributed by atoms with Crippen molar-refractivity contribution in [2.75, 3.05) is 32.8 Å². The number of hydrogen-bond donors (Lipinski definition) is 17. The van der Waals surface area contributed by atoms with Crippen molar-refractivity contribution in [2.24, 2.45) is 44.6 Å². The van der Waals surface area contributed by atoms with Gasteiger partial charge in [-0.1, -0.05) is 13.8 Å². The fraction of sp³-hybridized carbons (Fsp3) is 0.683. The first-order valence-corrected chi connectivity index (χ1v) is 22.9. The fourth-order valence-corrected chi connectivity index (χ4v) is 6.89. The second-order valence-electron chi connectivity index (χ2n) is 17.1. The first-order valence-electron chi connectivity index (χ1n) is 22.9. The van der Waals surface area contributed by atoms with E-state index in [1.54, 1.807) is 0 Å². The lowest BCUT2D eigenvalue weighted by Crippen LogP contribution is -2.61. The number of nitrogens with one attached hydrogen (secondary N) is 8. The second-order valence-corrected chi connectivity index (χ2v) is 17.1. The highest BCUT2D eigenvalue weighted by atomic mass is 16.4. The number of nitrogens with zero attached hydrogens (tertiary/aromatic N) is 3. The summed E-state index contributed by atoms with van der Waals surface area (Å²) in [7, 11) is 0. The minimum absolute atomic E-state index is 0.0150. The van der Waals surface area contributed by atoms with Gasteiger partial charge in [-0.05, 0) is 65.2 Å². The maximum atomic E-state index is 13.8. The lowest BCUT2D eigenvalue weighted by Gasteiger charge is -2.28. The summed E-state index contributed by atoms with van der Waals surface area (Å²) in [6.07, 6.45) is -1.73. The molecule has 0 aromatic rings. The van der Waals surface area contributed by atoms with Crippen LogP contribution in [0.25, 0.3) is 0 Å². The minimum atomic E-state index is -1.86. The monoisotopic (exact) mass is 1030 g/mol. The molecule has 0 spiro atoms. The summed E-state index contributed by atoms with van der Waals surface area (Å²) in [5, 5.41) is 57.5. The molecule has 1 fully saturated rings. The predicted octanol–water partition coefficient (Wildman–Crippen LogP) is -8.45. The SMILES string of the molecule is CC(C)[C@H](NC(=O)[C@H](CC(=O)O)NC(=O)[C@@H](NC(=O)[C@H](C)NC(=O)[C@H](CO)NC(=O)[C@H](C)NC(=O)[C@H](CCCN=C(N)N)NC(=O)[C@H](CCCN=C(N)N)NC(=O)[C@@H]1CCCN1C(=O)CN)[C@@H](C)O)C(=O)O. The summed E-state index contributed by atoms with van der Waals surface area (Å²) in [4.78, 5) is 151. The molecule has 31 heteroatoms. The van der Waals surface area contributed by atoms with Gasteiger partial charge in [-0.3, -0.25) is 57.9 Å². The summed E-state index contributed by atoms with van der Waals surface area (Å²) < 4.78 is 0. The summed E-state index contributed by atoms with van der Waals surface area (Å²) >= 11 is 0. The Bertz CT molecular complexity index is 2000. The average molecular weight is 1030 g/mol. The van der Waals surface area contributed by atoms with Crippen molar-refractivity contribution in [3.05, 3.63) is 0 Å². The van der Waals surface area contributed by atoms with Crippen LogP contribution in [0.1, 0.15) is 79.6 Å². The van der Waals surface area contributed by atoms with Gasteiger partial charge in [0.1, 0.15) is 54.4 Å². The summed E-state index contributed by atoms with van der Waals surface area (Å²) in [5.74, 6) is -12.7. The van der Waals surface area contributed by atoms with Crippen molar-refractivity contribution in [1.29, 1.82) is 0 Å². The Hall–Kier alpha value is -7.41. The van der Waals surface area contributed by atoms with Gasteiger partial charge in [-0.25, -0.2) is 4.79 Å². The molecule has 0 radical (unpaired) electrons. The van der Waals surface area contributed by atoms with E-state index in [-0.39, 0.29) is 63.8 Å². The molecule has 1 heterocycles. The second kappa shape index (κ2) is 31.0. The normalized spacial score (nSPS) is 16.8. The van der Waals surface area contributed by atoms with Gasteiger partial charge in [0, 0.05) is 19.6 Å². The van der Waals surface area contributed by atoms with E-state index in [1.807, 2.05) is 0 Å². The van der Waals surface area contributed by atoms with Crippen LogP contribution in [-0.2, 0) is 52.7 Å². The van der Waals surface area contributed by atoms with E-state index in [9.17, 15) is 73.2 Å². The molecule has 10 atom stereocenters. The third-order valence-electron chi connectivity index (χ3n) is 10.8. The zero-order chi connectivity index (χ0) is 55.0. The van der Waals surface area contributed by atoms with Gasteiger partial charge in [0.05, 0.1) is 25.7 Å². The summed E-state index contributed by atoms with van der Waals surface area (Å²) in [6.45, 7) is 5.30. The third kappa shape index (κ3) is 21.7. The molecule has 0 aliphatic carbocycles. The number of likely N-dealkylation sites (tertiary alicyclic amines) is 1. The number of guanidine groups is 2. The minimum Gasteiger partial charge on any atom is -0.481 e. The van der Waals surface area contributed by atoms with Crippen molar-refractivity contribution in [3.8, 4) is 0 Å². The highest BCUT2D eigenvalue weighted by Crippen LogP contribution is 2.18. The van der Waals surface area contributed by atoms with E-state index in [2.05, 4.69) is 52.5 Å². The average Bonchev–Trinajstić information content (AvgIpc) is 3.80. The predicted molar refractivity (Wildman–Crippen MR) is 254 cm³/mol. The molecule has 1 aliphatic rings. The van der Waals surface area contributed by atoms with Crippen molar-refractivity contribution in [1.82, 2.24) is 47.4 Å². The number of carboxylic acids is 2. The van der Waals surface area contributed by atoms with Gasteiger partial charge in [0.15, 0.2) is 11.9 Å². The van der Waals surface area contributed by atoms with Crippen LogP contribution in [0.5, 0.6) is 0 Å². The molecule has 0 aromatic heterocycles. The summed E-state index contributed by atoms with van der Waals surface area (Å²) in [5.41, 5.74) is 27.2. The van der Waals surface area contributed by atoms with Crippen LogP contribution in [0.2, 0.25) is 0 Å². The number of carbonyl (C=O) groups is 11.